The Hall–Kier alpha value is -2.55. The molecule has 1 N–H and O–H groups in total. The maximum atomic E-state index is 13.1. The van der Waals surface area contributed by atoms with Gasteiger partial charge in [-0.25, -0.2) is 0 Å². The van der Waals surface area contributed by atoms with Crippen LogP contribution in [0.1, 0.15) is 56.0 Å². The van der Waals surface area contributed by atoms with Crippen molar-refractivity contribution in [1.29, 1.82) is 0 Å². The number of carbonyl (C=O) groups is 1. The molecular weight excluding hydrogens is 320 g/mol. The molecule has 0 unspecified atom stereocenters. The maximum Gasteiger partial charge on any atom is 0.254 e. The van der Waals surface area contributed by atoms with Gasteiger partial charge < -0.3 is 9.88 Å². The number of nitrogens with zero attached hydrogens (tertiary/aromatic N) is 1. The number of rotatable bonds is 7. The van der Waals surface area contributed by atoms with Gasteiger partial charge in [0.25, 0.3) is 5.91 Å². The van der Waals surface area contributed by atoms with Gasteiger partial charge in [0.05, 0.1) is 11.1 Å². The predicted octanol–water partition coefficient (Wildman–Crippen LogP) is 5.50. The van der Waals surface area contributed by atoms with E-state index in [1.165, 1.54) is 12.8 Å². The Kier molecular flexibility index (Phi) is 5.46. The van der Waals surface area contributed by atoms with Crippen LogP contribution in [0.15, 0.2) is 60.8 Å². The molecule has 0 saturated carbocycles. The zero-order valence-electron chi connectivity index (χ0n) is 16.0. The number of unbranched alkanes of at least 4 members (excludes halogenated alkanes) is 2. The topological polar surface area (TPSA) is 34.0 Å². The summed E-state index contributed by atoms with van der Waals surface area (Å²) in [5.74, 6) is -0.0238. The monoisotopic (exact) mass is 348 g/mol. The van der Waals surface area contributed by atoms with Crippen LogP contribution in [-0.4, -0.2) is 10.5 Å². The number of hydrogen-bond donors (Lipinski definition) is 1. The lowest BCUT2D eigenvalue weighted by molar-refractivity contribution is 0.0913. The van der Waals surface area contributed by atoms with Crippen molar-refractivity contribution in [3.8, 4) is 0 Å². The third-order valence-corrected chi connectivity index (χ3v) is 4.96. The molecule has 3 rings (SSSR count). The largest absolute Gasteiger partial charge is 0.347 e. The van der Waals surface area contributed by atoms with Gasteiger partial charge in [0.2, 0.25) is 0 Å². The first-order valence-corrected chi connectivity index (χ1v) is 9.49. The minimum Gasteiger partial charge on any atom is -0.347 e. The Bertz CT molecular complexity index is 878. The molecule has 3 aromatic rings. The van der Waals surface area contributed by atoms with Crippen LogP contribution >= 0.6 is 0 Å². The van der Waals surface area contributed by atoms with Gasteiger partial charge in [0.15, 0.2) is 0 Å². The summed E-state index contributed by atoms with van der Waals surface area (Å²) >= 11 is 0. The molecule has 0 aliphatic heterocycles. The van der Waals surface area contributed by atoms with Gasteiger partial charge in [0, 0.05) is 23.6 Å². The minimum atomic E-state index is -0.427. The summed E-state index contributed by atoms with van der Waals surface area (Å²) in [6, 6.07) is 18.3. The van der Waals surface area contributed by atoms with Crippen LogP contribution in [-0.2, 0) is 12.1 Å². The molecule has 0 saturated heterocycles. The summed E-state index contributed by atoms with van der Waals surface area (Å²) in [7, 11) is 0. The first kappa shape index (κ1) is 18.2. The SMILES string of the molecule is CCCCCn1cc(C(=O)NC(C)(C)c2ccccc2)c2ccccc21. The van der Waals surface area contributed by atoms with Crippen molar-refractivity contribution in [2.24, 2.45) is 0 Å². The number of nitrogens with one attached hydrogen (secondary N) is 1. The molecule has 1 amide bonds. The van der Waals surface area contributed by atoms with Gasteiger partial charge in [-0.1, -0.05) is 68.3 Å². The van der Waals surface area contributed by atoms with Crippen molar-refractivity contribution in [2.45, 2.75) is 52.1 Å². The highest BCUT2D eigenvalue weighted by Gasteiger charge is 2.25. The lowest BCUT2D eigenvalue weighted by Gasteiger charge is -2.26. The zero-order valence-corrected chi connectivity index (χ0v) is 16.0. The molecule has 0 radical (unpaired) electrons. The molecule has 26 heavy (non-hydrogen) atoms. The molecule has 0 atom stereocenters. The minimum absolute atomic E-state index is 0.0238. The smallest absolute Gasteiger partial charge is 0.254 e. The second-order valence-corrected chi connectivity index (χ2v) is 7.41. The Morgan fingerprint density at radius 3 is 2.42 bits per heavy atom. The van der Waals surface area contributed by atoms with Crippen LogP contribution in [0.2, 0.25) is 0 Å². The van der Waals surface area contributed by atoms with Crippen molar-refractivity contribution in [2.75, 3.05) is 0 Å². The maximum absolute atomic E-state index is 13.1. The second kappa shape index (κ2) is 7.77. The number of hydrogen-bond acceptors (Lipinski definition) is 1. The first-order valence-electron chi connectivity index (χ1n) is 9.49. The van der Waals surface area contributed by atoms with Crippen LogP contribution in [0.4, 0.5) is 0 Å². The van der Waals surface area contributed by atoms with E-state index in [-0.39, 0.29) is 5.91 Å². The standard InChI is InChI=1S/C23H28N2O/c1-4-5-11-16-25-17-20(19-14-9-10-15-21(19)25)22(26)24-23(2,3)18-12-7-6-8-13-18/h6-10,12-15,17H,4-5,11,16H2,1-3H3,(H,24,26). The highest BCUT2D eigenvalue weighted by molar-refractivity contribution is 6.07. The number of amides is 1. The molecule has 0 fully saturated rings. The number of aryl methyl sites for hydroxylation is 1. The van der Waals surface area contributed by atoms with E-state index < -0.39 is 5.54 Å². The van der Waals surface area contributed by atoms with Gasteiger partial charge >= 0.3 is 0 Å². The fourth-order valence-electron chi connectivity index (χ4n) is 3.42. The van der Waals surface area contributed by atoms with Gasteiger partial charge in [-0.15, -0.1) is 0 Å². The molecular formula is C23H28N2O. The Morgan fingerprint density at radius 2 is 1.69 bits per heavy atom. The molecule has 1 aromatic heterocycles. The third kappa shape index (κ3) is 3.82. The molecule has 3 nitrogen and oxygen atoms in total. The van der Waals surface area contributed by atoms with E-state index in [1.54, 1.807) is 0 Å². The van der Waals surface area contributed by atoms with Gasteiger partial charge in [-0.2, -0.15) is 0 Å². The fourth-order valence-corrected chi connectivity index (χ4v) is 3.42. The predicted molar refractivity (Wildman–Crippen MR) is 108 cm³/mol. The number of carbonyl (C=O) groups excluding carboxylic acids is 1. The van der Waals surface area contributed by atoms with E-state index in [0.29, 0.717) is 0 Å². The molecule has 0 spiro atoms. The average molecular weight is 348 g/mol. The molecule has 0 aliphatic rings. The van der Waals surface area contributed by atoms with Crippen molar-refractivity contribution in [3.63, 3.8) is 0 Å². The lowest BCUT2D eigenvalue weighted by Crippen LogP contribution is -2.40. The summed E-state index contributed by atoms with van der Waals surface area (Å²) in [6.45, 7) is 7.24. The van der Waals surface area contributed by atoms with E-state index in [2.05, 4.69) is 22.9 Å². The highest BCUT2D eigenvalue weighted by atomic mass is 16.1. The van der Waals surface area contributed by atoms with Gasteiger partial charge in [-0.3, -0.25) is 4.79 Å². The molecule has 136 valence electrons. The number of fused-ring (bicyclic) bond motifs is 1. The van der Waals surface area contributed by atoms with E-state index >= 15 is 0 Å². The lowest BCUT2D eigenvalue weighted by atomic mass is 9.94. The number of para-hydroxylation sites is 1. The van der Waals surface area contributed by atoms with Crippen LogP contribution in [0.3, 0.4) is 0 Å². The third-order valence-electron chi connectivity index (χ3n) is 4.96. The van der Waals surface area contributed by atoms with Gasteiger partial charge in [0.1, 0.15) is 0 Å². The normalized spacial score (nSPS) is 11.7. The van der Waals surface area contributed by atoms with E-state index in [0.717, 1.165) is 35.0 Å². The molecule has 1 heterocycles. The van der Waals surface area contributed by atoms with E-state index in [4.69, 9.17) is 0 Å². The van der Waals surface area contributed by atoms with Crippen molar-refractivity contribution >= 4 is 16.8 Å². The molecule has 3 heteroatoms. The van der Waals surface area contributed by atoms with Crippen molar-refractivity contribution in [1.82, 2.24) is 9.88 Å². The number of aromatic nitrogens is 1. The summed E-state index contributed by atoms with van der Waals surface area (Å²) in [5.41, 5.74) is 2.55. The van der Waals surface area contributed by atoms with E-state index in [9.17, 15) is 4.79 Å². The zero-order chi connectivity index (χ0) is 18.6. The van der Waals surface area contributed by atoms with Crippen LogP contribution in [0.25, 0.3) is 10.9 Å². The quantitative estimate of drug-likeness (QED) is 0.562. The Morgan fingerprint density at radius 1 is 1.00 bits per heavy atom. The summed E-state index contributed by atoms with van der Waals surface area (Å²) in [6.07, 6.45) is 5.54. The Balaban J connectivity index is 1.88. The molecule has 0 bridgehead atoms. The van der Waals surface area contributed by atoms with Crippen molar-refractivity contribution < 1.29 is 4.79 Å². The summed E-state index contributed by atoms with van der Waals surface area (Å²) in [4.78, 5) is 13.1. The summed E-state index contributed by atoms with van der Waals surface area (Å²) < 4.78 is 2.22. The first-order chi connectivity index (χ1) is 12.5. The second-order valence-electron chi connectivity index (χ2n) is 7.41. The van der Waals surface area contributed by atoms with Gasteiger partial charge in [-0.05, 0) is 31.9 Å². The molecule has 2 aromatic carbocycles. The van der Waals surface area contributed by atoms with Crippen molar-refractivity contribution in [3.05, 3.63) is 71.9 Å². The van der Waals surface area contributed by atoms with Crippen LogP contribution in [0.5, 0.6) is 0 Å². The van der Waals surface area contributed by atoms with E-state index in [1.807, 2.05) is 68.6 Å². The Labute approximate surface area is 156 Å². The van der Waals surface area contributed by atoms with Crippen LogP contribution in [0, 0.1) is 0 Å². The average Bonchev–Trinajstić information content (AvgIpc) is 3.02. The molecule has 0 aliphatic carbocycles. The number of benzene rings is 2. The highest BCUT2D eigenvalue weighted by Crippen LogP contribution is 2.25. The summed E-state index contributed by atoms with van der Waals surface area (Å²) in [5, 5.41) is 4.23. The van der Waals surface area contributed by atoms with Crippen LogP contribution < -0.4 is 5.32 Å². The fraction of sp³-hybridized carbons (Fsp3) is 0.348.